The van der Waals surface area contributed by atoms with E-state index in [-0.39, 0.29) is 17.8 Å². The summed E-state index contributed by atoms with van der Waals surface area (Å²) in [4.78, 5) is 2.26. The van der Waals surface area contributed by atoms with Crippen molar-refractivity contribution in [3.63, 3.8) is 0 Å². The molecule has 4 nitrogen and oxygen atoms in total. The van der Waals surface area contributed by atoms with E-state index in [4.69, 9.17) is 10.3 Å². The fourth-order valence-electron chi connectivity index (χ4n) is 1.85. The normalized spacial score (nSPS) is 11.7. The molecule has 0 amide bonds. The van der Waals surface area contributed by atoms with Crippen LogP contribution in [0.25, 0.3) is 0 Å². The van der Waals surface area contributed by atoms with Crippen molar-refractivity contribution in [1.29, 1.82) is 0 Å². The van der Waals surface area contributed by atoms with Gasteiger partial charge in [0.1, 0.15) is 5.76 Å². The average Bonchev–Trinajstić information content (AvgIpc) is 2.49. The van der Waals surface area contributed by atoms with Gasteiger partial charge < -0.3 is 15.2 Å². The molecule has 5 heteroatoms. The Labute approximate surface area is 110 Å². The molecule has 0 radical (unpaired) electrons. The van der Waals surface area contributed by atoms with Crippen LogP contribution < -0.4 is 5.73 Å². The topological polar surface area (TPSA) is 55.3 Å². The van der Waals surface area contributed by atoms with Gasteiger partial charge in [0.15, 0.2) is 0 Å². The van der Waals surface area contributed by atoms with Crippen LogP contribution in [-0.4, -0.2) is 30.2 Å². The molecule has 0 saturated carbocycles. The van der Waals surface area contributed by atoms with Crippen molar-refractivity contribution in [3.8, 4) is 0 Å². The largest absolute Gasteiger partial charge is 0.361 e. The van der Waals surface area contributed by atoms with Crippen molar-refractivity contribution in [2.45, 2.75) is 34.2 Å². The predicted molar refractivity (Wildman–Crippen MR) is 72.4 cm³/mol. The van der Waals surface area contributed by atoms with Crippen LogP contribution in [0.1, 0.15) is 30.9 Å². The lowest BCUT2D eigenvalue weighted by atomic mass is 9.93. The standard InChI is InChI=1S/C12H23N3O.ClH/c1-9-11(10(2)16-14-9)6-15(5)8-12(3,4)7-13;/h6-8,13H2,1-5H3;1H. The molecule has 0 aliphatic heterocycles. The lowest BCUT2D eigenvalue weighted by molar-refractivity contribution is 0.209. The summed E-state index contributed by atoms with van der Waals surface area (Å²) in [6.45, 7) is 10.8. The second-order valence-electron chi connectivity index (χ2n) is 5.34. The van der Waals surface area contributed by atoms with Gasteiger partial charge in [0.05, 0.1) is 5.69 Å². The van der Waals surface area contributed by atoms with Crippen molar-refractivity contribution in [2.24, 2.45) is 11.1 Å². The maximum atomic E-state index is 5.73. The van der Waals surface area contributed by atoms with Crippen molar-refractivity contribution >= 4 is 12.4 Å². The maximum Gasteiger partial charge on any atom is 0.138 e. The molecule has 0 aliphatic carbocycles. The van der Waals surface area contributed by atoms with E-state index in [9.17, 15) is 0 Å². The highest BCUT2D eigenvalue weighted by Gasteiger charge is 2.19. The zero-order valence-electron chi connectivity index (χ0n) is 11.4. The summed E-state index contributed by atoms with van der Waals surface area (Å²) in [6.07, 6.45) is 0. The van der Waals surface area contributed by atoms with Gasteiger partial charge in [-0.1, -0.05) is 19.0 Å². The van der Waals surface area contributed by atoms with E-state index in [1.165, 1.54) is 5.56 Å². The van der Waals surface area contributed by atoms with Crippen LogP contribution in [-0.2, 0) is 6.54 Å². The first-order valence-electron chi connectivity index (χ1n) is 5.66. The monoisotopic (exact) mass is 261 g/mol. The number of nitrogens with zero attached hydrogens (tertiary/aromatic N) is 2. The minimum absolute atomic E-state index is 0. The first-order chi connectivity index (χ1) is 7.35. The van der Waals surface area contributed by atoms with Crippen molar-refractivity contribution < 1.29 is 4.52 Å². The van der Waals surface area contributed by atoms with Gasteiger partial charge in [0, 0.05) is 18.7 Å². The third-order valence-corrected chi connectivity index (χ3v) is 2.86. The van der Waals surface area contributed by atoms with Gasteiger partial charge in [-0.15, -0.1) is 12.4 Å². The van der Waals surface area contributed by atoms with Crippen molar-refractivity contribution in [2.75, 3.05) is 20.1 Å². The lowest BCUT2D eigenvalue weighted by Crippen LogP contribution is -2.36. The molecule has 0 saturated heterocycles. The highest BCUT2D eigenvalue weighted by molar-refractivity contribution is 5.85. The van der Waals surface area contributed by atoms with Crippen LogP contribution in [0.2, 0.25) is 0 Å². The van der Waals surface area contributed by atoms with E-state index in [0.717, 1.165) is 24.5 Å². The second-order valence-corrected chi connectivity index (χ2v) is 5.34. The first kappa shape index (κ1) is 16.4. The highest BCUT2D eigenvalue weighted by atomic mass is 35.5. The second kappa shape index (κ2) is 6.38. The number of hydrogen-bond acceptors (Lipinski definition) is 4. The SMILES string of the molecule is Cc1noc(C)c1CN(C)CC(C)(C)CN.Cl. The van der Waals surface area contributed by atoms with Gasteiger partial charge in [-0.05, 0) is 32.9 Å². The van der Waals surface area contributed by atoms with E-state index in [1.54, 1.807) is 0 Å². The molecule has 1 aromatic rings. The molecule has 0 atom stereocenters. The summed E-state index contributed by atoms with van der Waals surface area (Å²) in [5.74, 6) is 0.912. The smallest absolute Gasteiger partial charge is 0.138 e. The minimum Gasteiger partial charge on any atom is -0.361 e. The summed E-state index contributed by atoms with van der Waals surface area (Å²) in [7, 11) is 2.10. The Morgan fingerprint density at radius 2 is 1.94 bits per heavy atom. The molecule has 17 heavy (non-hydrogen) atoms. The third-order valence-electron chi connectivity index (χ3n) is 2.86. The molecule has 1 aromatic heterocycles. The van der Waals surface area contributed by atoms with Gasteiger partial charge in [-0.2, -0.15) is 0 Å². The van der Waals surface area contributed by atoms with Gasteiger partial charge in [0.2, 0.25) is 0 Å². The van der Waals surface area contributed by atoms with Crippen molar-refractivity contribution in [1.82, 2.24) is 10.1 Å². The molecule has 0 spiro atoms. The van der Waals surface area contributed by atoms with Gasteiger partial charge in [-0.25, -0.2) is 0 Å². The Hall–Kier alpha value is -0.580. The van der Waals surface area contributed by atoms with Crippen LogP contribution >= 0.6 is 12.4 Å². The predicted octanol–water partition coefficient (Wildman–Crippen LogP) is 2.13. The first-order valence-corrected chi connectivity index (χ1v) is 5.66. The Bertz CT molecular complexity index is 330. The van der Waals surface area contributed by atoms with Gasteiger partial charge in [0.25, 0.3) is 0 Å². The number of nitrogens with two attached hydrogens (primary N) is 1. The summed E-state index contributed by atoms with van der Waals surface area (Å²) in [6, 6.07) is 0. The maximum absolute atomic E-state index is 5.73. The van der Waals surface area contributed by atoms with Crippen LogP contribution in [0.5, 0.6) is 0 Å². The fourth-order valence-corrected chi connectivity index (χ4v) is 1.85. The number of halogens is 1. The Morgan fingerprint density at radius 3 is 2.35 bits per heavy atom. The molecular formula is C12H24ClN3O. The van der Waals surface area contributed by atoms with E-state index in [1.807, 2.05) is 13.8 Å². The lowest BCUT2D eigenvalue weighted by Gasteiger charge is -2.28. The van der Waals surface area contributed by atoms with Gasteiger partial charge in [-0.3, -0.25) is 0 Å². The number of hydrogen-bond donors (Lipinski definition) is 1. The number of aromatic nitrogens is 1. The molecule has 2 N–H and O–H groups in total. The average molecular weight is 262 g/mol. The summed E-state index contributed by atoms with van der Waals surface area (Å²) in [5.41, 5.74) is 8.05. The molecule has 0 bridgehead atoms. The van der Waals surface area contributed by atoms with E-state index in [0.29, 0.717) is 6.54 Å². The molecular weight excluding hydrogens is 238 g/mol. The highest BCUT2D eigenvalue weighted by Crippen LogP contribution is 2.18. The number of aryl methyl sites for hydroxylation is 2. The van der Waals surface area contributed by atoms with E-state index in [2.05, 4.69) is 31.0 Å². The summed E-state index contributed by atoms with van der Waals surface area (Å²) in [5, 5.41) is 3.96. The Kier molecular flexibility index (Phi) is 6.16. The molecule has 1 heterocycles. The van der Waals surface area contributed by atoms with Crippen LogP contribution in [0.15, 0.2) is 4.52 Å². The Balaban J connectivity index is 0.00000256. The Morgan fingerprint density at radius 1 is 1.35 bits per heavy atom. The molecule has 0 aliphatic rings. The van der Waals surface area contributed by atoms with Crippen LogP contribution in [0.4, 0.5) is 0 Å². The van der Waals surface area contributed by atoms with Gasteiger partial charge >= 0.3 is 0 Å². The zero-order valence-corrected chi connectivity index (χ0v) is 12.2. The molecule has 0 aromatic carbocycles. The third kappa shape index (κ3) is 4.66. The fraction of sp³-hybridized carbons (Fsp3) is 0.750. The van der Waals surface area contributed by atoms with Crippen LogP contribution in [0.3, 0.4) is 0 Å². The minimum atomic E-state index is 0. The van der Waals surface area contributed by atoms with Crippen molar-refractivity contribution in [3.05, 3.63) is 17.0 Å². The molecule has 0 fully saturated rings. The van der Waals surface area contributed by atoms with E-state index >= 15 is 0 Å². The van der Waals surface area contributed by atoms with E-state index < -0.39 is 0 Å². The summed E-state index contributed by atoms with van der Waals surface area (Å²) >= 11 is 0. The number of rotatable bonds is 5. The molecule has 0 unspecified atom stereocenters. The summed E-state index contributed by atoms with van der Waals surface area (Å²) < 4.78 is 5.15. The zero-order chi connectivity index (χ0) is 12.3. The molecule has 1 rings (SSSR count). The quantitative estimate of drug-likeness (QED) is 0.882. The molecule has 100 valence electrons. The van der Waals surface area contributed by atoms with Crippen LogP contribution in [0, 0.1) is 19.3 Å².